The van der Waals surface area contributed by atoms with Crippen LogP contribution in [0.2, 0.25) is 5.02 Å². The lowest BCUT2D eigenvalue weighted by Crippen LogP contribution is -2.32. The lowest BCUT2D eigenvalue weighted by Gasteiger charge is -2.17. The van der Waals surface area contributed by atoms with Gasteiger partial charge in [0.05, 0.1) is 18.2 Å². The Morgan fingerprint density at radius 1 is 1.26 bits per heavy atom. The minimum Gasteiger partial charge on any atom is -0.379 e. The van der Waals surface area contributed by atoms with E-state index >= 15 is 0 Å². The molecule has 0 aliphatic heterocycles. The molecule has 0 aliphatic rings. The van der Waals surface area contributed by atoms with Crippen molar-refractivity contribution < 1.29 is 4.79 Å². The van der Waals surface area contributed by atoms with E-state index in [9.17, 15) is 4.79 Å². The lowest BCUT2D eigenvalue weighted by molar-refractivity contribution is 0.222. The van der Waals surface area contributed by atoms with Gasteiger partial charge in [0.2, 0.25) is 0 Å². The number of nitrogens with one attached hydrogen (secondary N) is 1. The topological polar surface area (TPSA) is 120 Å². The van der Waals surface area contributed by atoms with Crippen LogP contribution >= 0.6 is 47.8 Å². The van der Waals surface area contributed by atoms with Gasteiger partial charge in [-0.15, -0.1) is 0 Å². The lowest BCUT2D eigenvalue weighted by atomic mass is 10.1. The van der Waals surface area contributed by atoms with E-state index in [-0.39, 0.29) is 11.7 Å². The molecule has 0 fully saturated rings. The summed E-state index contributed by atoms with van der Waals surface area (Å²) < 4.78 is 0. The number of benzene rings is 2. The average Bonchev–Trinajstić information content (AvgIpc) is 2.62. The predicted molar refractivity (Wildman–Crippen MR) is 114 cm³/mol. The van der Waals surface area contributed by atoms with Crippen molar-refractivity contribution in [1.29, 1.82) is 10.7 Å². The number of amidine groups is 1. The Kier molecular flexibility index (Phi) is 7.89. The summed E-state index contributed by atoms with van der Waals surface area (Å²) in [6, 6.07) is 12.8. The second-order valence-corrected chi connectivity index (χ2v) is 8.27. The molecule has 0 aromatic heterocycles. The number of hydrogen-bond acceptors (Lipinski definition) is 6. The van der Waals surface area contributed by atoms with Gasteiger partial charge in [-0.3, -0.25) is 15.2 Å². The highest BCUT2D eigenvalue weighted by molar-refractivity contribution is 8.13. The number of thiol groups is 1. The molecule has 0 spiro atoms. The summed E-state index contributed by atoms with van der Waals surface area (Å²) >= 11 is 12.5. The molecule has 0 radical (unpaired) electrons. The van der Waals surface area contributed by atoms with Crippen LogP contribution in [-0.4, -0.2) is 15.4 Å². The van der Waals surface area contributed by atoms with E-state index in [0.29, 0.717) is 16.3 Å². The molecule has 1 amide bonds. The van der Waals surface area contributed by atoms with Crippen LogP contribution < -0.4 is 11.6 Å². The summed E-state index contributed by atoms with van der Waals surface area (Å²) in [4.78, 5) is 13.1. The molecule has 2 aromatic rings. The maximum absolute atomic E-state index is 11.4. The largest absolute Gasteiger partial charge is 0.379 e. The molecule has 0 heterocycles. The number of carbonyl (C=O) groups excluding carboxylic acids is 1. The molecule has 0 saturated carbocycles. The zero-order valence-corrected chi connectivity index (χ0v) is 17.3. The first-order valence-electron chi connectivity index (χ1n) is 7.51. The third-order valence-corrected chi connectivity index (χ3v) is 5.90. The maximum atomic E-state index is 11.4. The number of amides is 1. The third kappa shape index (κ3) is 6.37. The zero-order chi connectivity index (χ0) is 20.0. The number of nitriles is 1. The summed E-state index contributed by atoms with van der Waals surface area (Å²) in [5.41, 5.74) is 7.56. The summed E-state index contributed by atoms with van der Waals surface area (Å²) in [6.45, 7) is 0.116. The quantitative estimate of drug-likeness (QED) is 0.134. The molecular formula is C17H16ClN5OS3. The SMILES string of the molecule is N#Cc1ccc(Sc2ccc(Cl)cc2CSC(=N)N)c(CN(N)C(=O)S)c1. The Balaban J connectivity index is 2.37. The molecule has 10 heteroatoms. The number of hydrogen-bond donors (Lipinski definition) is 4. The van der Waals surface area contributed by atoms with E-state index < -0.39 is 5.24 Å². The highest BCUT2D eigenvalue weighted by atomic mass is 35.5. The van der Waals surface area contributed by atoms with Crippen LogP contribution in [0, 0.1) is 16.7 Å². The highest BCUT2D eigenvalue weighted by Gasteiger charge is 2.14. The number of rotatable bonds is 6. The van der Waals surface area contributed by atoms with Crippen molar-refractivity contribution in [3.05, 3.63) is 58.1 Å². The molecular weight excluding hydrogens is 422 g/mol. The van der Waals surface area contributed by atoms with Crippen LogP contribution in [0.3, 0.4) is 0 Å². The summed E-state index contributed by atoms with van der Waals surface area (Å²) in [6.07, 6.45) is 0. The fourth-order valence-corrected chi connectivity index (χ4v) is 4.09. The van der Waals surface area contributed by atoms with Gasteiger partial charge in [0, 0.05) is 20.6 Å². The van der Waals surface area contributed by atoms with Crippen LogP contribution in [0.25, 0.3) is 0 Å². The molecule has 0 unspecified atom stereocenters. The van der Waals surface area contributed by atoms with Gasteiger partial charge in [-0.2, -0.15) is 5.26 Å². The van der Waals surface area contributed by atoms with Gasteiger partial charge in [-0.05, 0) is 47.5 Å². The van der Waals surface area contributed by atoms with Crippen molar-refractivity contribution in [2.45, 2.75) is 22.1 Å². The third-order valence-electron chi connectivity index (χ3n) is 3.40. The van der Waals surface area contributed by atoms with Gasteiger partial charge < -0.3 is 5.73 Å². The Morgan fingerprint density at radius 2 is 1.93 bits per heavy atom. The minimum absolute atomic E-state index is 0.0241. The molecule has 27 heavy (non-hydrogen) atoms. The molecule has 6 nitrogen and oxygen atoms in total. The average molecular weight is 438 g/mol. The van der Waals surface area contributed by atoms with Crippen LogP contribution in [0.5, 0.6) is 0 Å². The normalized spacial score (nSPS) is 10.3. The number of nitrogens with two attached hydrogens (primary N) is 2. The van der Waals surface area contributed by atoms with Crippen molar-refractivity contribution in [2.75, 3.05) is 0 Å². The smallest absolute Gasteiger partial charge is 0.292 e. The van der Waals surface area contributed by atoms with Crippen LogP contribution in [0.4, 0.5) is 4.79 Å². The van der Waals surface area contributed by atoms with Crippen molar-refractivity contribution in [3.8, 4) is 6.07 Å². The van der Waals surface area contributed by atoms with Crippen molar-refractivity contribution in [1.82, 2.24) is 5.01 Å². The molecule has 140 valence electrons. The fraction of sp³-hybridized carbons (Fsp3) is 0.118. The highest BCUT2D eigenvalue weighted by Crippen LogP contribution is 2.36. The van der Waals surface area contributed by atoms with E-state index in [1.807, 2.05) is 18.2 Å². The van der Waals surface area contributed by atoms with Crippen LogP contribution in [0.15, 0.2) is 46.2 Å². The zero-order valence-electron chi connectivity index (χ0n) is 14.0. The monoisotopic (exact) mass is 437 g/mol. The van der Waals surface area contributed by atoms with Gasteiger partial charge in [-0.1, -0.05) is 47.8 Å². The number of thioether (sulfide) groups is 1. The first-order chi connectivity index (χ1) is 12.8. The van der Waals surface area contributed by atoms with Crippen LogP contribution in [0.1, 0.15) is 16.7 Å². The molecule has 0 atom stereocenters. The van der Waals surface area contributed by atoms with E-state index in [2.05, 4.69) is 18.7 Å². The molecule has 5 N–H and O–H groups in total. The van der Waals surface area contributed by atoms with Crippen LogP contribution in [-0.2, 0) is 12.3 Å². The standard InChI is InChI=1S/C17H16ClN5OS3/c18-13-2-4-15(12(6-13)9-26-16(20)21)27-14-3-1-10(7-19)5-11(14)8-23(22)17(24)25/h1-6H,8-9,22H2,(H3,20,21)(H,24,25). The predicted octanol–water partition coefficient (Wildman–Crippen LogP) is 4.22. The Bertz CT molecular complexity index is 916. The summed E-state index contributed by atoms with van der Waals surface area (Å²) in [5.74, 6) is 6.19. The minimum atomic E-state index is -0.571. The van der Waals surface area contributed by atoms with Gasteiger partial charge >= 0.3 is 0 Å². The molecule has 0 saturated heterocycles. The van der Waals surface area contributed by atoms with Crippen molar-refractivity contribution in [2.24, 2.45) is 11.6 Å². The van der Waals surface area contributed by atoms with Crippen molar-refractivity contribution >= 4 is 58.2 Å². The van der Waals surface area contributed by atoms with Gasteiger partial charge in [0.25, 0.3) is 5.24 Å². The molecule has 0 aliphatic carbocycles. The second kappa shape index (κ2) is 9.92. The van der Waals surface area contributed by atoms with Crippen molar-refractivity contribution in [3.63, 3.8) is 0 Å². The number of halogens is 1. The Labute approximate surface area is 176 Å². The van der Waals surface area contributed by atoms with E-state index in [1.165, 1.54) is 23.5 Å². The molecule has 2 aromatic carbocycles. The Hall–Kier alpha value is -1.83. The number of carbonyl (C=O) groups is 1. The first kappa shape index (κ1) is 21.5. The first-order valence-corrected chi connectivity index (χ1v) is 10.1. The van der Waals surface area contributed by atoms with Gasteiger partial charge in [0.15, 0.2) is 5.17 Å². The summed E-state index contributed by atoms with van der Waals surface area (Å²) in [5, 5.41) is 17.6. The second-order valence-electron chi connectivity index (χ2n) is 5.35. The van der Waals surface area contributed by atoms with E-state index in [1.54, 1.807) is 18.2 Å². The maximum Gasteiger partial charge on any atom is 0.292 e. The number of nitrogens with zero attached hydrogens (tertiary/aromatic N) is 2. The fourth-order valence-electron chi connectivity index (χ4n) is 2.16. The van der Waals surface area contributed by atoms with Gasteiger partial charge in [0.1, 0.15) is 0 Å². The van der Waals surface area contributed by atoms with Gasteiger partial charge in [-0.25, -0.2) is 5.84 Å². The molecule has 0 bridgehead atoms. The number of hydrazine groups is 1. The Morgan fingerprint density at radius 3 is 2.56 bits per heavy atom. The molecule has 2 rings (SSSR count). The van der Waals surface area contributed by atoms with E-state index in [4.69, 9.17) is 33.8 Å². The summed E-state index contributed by atoms with van der Waals surface area (Å²) in [7, 11) is 0. The van der Waals surface area contributed by atoms with E-state index in [0.717, 1.165) is 25.9 Å².